The molecule has 0 spiro atoms. The second-order valence-electron chi connectivity index (χ2n) is 14.1. The fourth-order valence-electron chi connectivity index (χ4n) is 5.19. The predicted molar refractivity (Wildman–Crippen MR) is 235 cm³/mol. The van der Waals surface area contributed by atoms with E-state index in [2.05, 4.69) is 85.2 Å². The van der Waals surface area contributed by atoms with E-state index < -0.39 is 57.7 Å². The van der Waals surface area contributed by atoms with E-state index in [9.17, 15) is 28.6 Å². The van der Waals surface area contributed by atoms with Gasteiger partial charge in [0.1, 0.15) is 12.6 Å². The van der Waals surface area contributed by atoms with E-state index in [-0.39, 0.29) is 18.6 Å². The summed E-state index contributed by atoms with van der Waals surface area (Å²) in [5.41, 5.74) is 5.32. The maximum atomic E-state index is 12.6. The molecule has 4 N–H and O–H groups in total. The molecule has 334 valence electrons. The number of nitrogens with two attached hydrogens (primary N) is 1. The molecule has 1 unspecified atom stereocenters. The first kappa shape index (κ1) is 55.3. The normalized spacial score (nSPS) is 14.4. The number of esters is 2. The highest BCUT2D eigenvalue weighted by atomic mass is 31.2. The number of aliphatic carboxylic acids is 1. The SMILES string of the molecule is CC/C=C\C/C=C\C/C=C\C/C=C\C/C=C\CCCCCC(=O)OC[C@H](COP(=O)(O)OC[C@H](N)C(=O)O)OC(=O)CCCCCCCC(=O)/C=C/C=C\CCCCC. The van der Waals surface area contributed by atoms with Crippen LogP contribution in [0.5, 0.6) is 0 Å². The molecule has 0 aliphatic heterocycles. The molecule has 0 radical (unpaired) electrons. The first-order chi connectivity index (χ1) is 28.5. The van der Waals surface area contributed by atoms with Crippen molar-refractivity contribution in [3.63, 3.8) is 0 Å². The fourth-order valence-corrected chi connectivity index (χ4v) is 5.97. The van der Waals surface area contributed by atoms with E-state index in [1.54, 1.807) is 12.2 Å². The first-order valence-electron chi connectivity index (χ1n) is 21.6. The van der Waals surface area contributed by atoms with Crippen LogP contribution in [0.25, 0.3) is 0 Å². The Morgan fingerprint density at radius 2 is 1.10 bits per heavy atom. The molecule has 0 aromatic carbocycles. The minimum atomic E-state index is -4.76. The summed E-state index contributed by atoms with van der Waals surface area (Å²) in [6.07, 6.45) is 44.7. The Morgan fingerprint density at radius 3 is 1.71 bits per heavy atom. The van der Waals surface area contributed by atoms with Gasteiger partial charge in [-0.05, 0) is 83.1 Å². The van der Waals surface area contributed by atoms with Crippen LogP contribution in [0.4, 0.5) is 0 Å². The fraction of sp³-hybridized carbons (Fsp3) is 0.609. The van der Waals surface area contributed by atoms with E-state index in [4.69, 9.17) is 24.8 Å². The molecule has 0 rings (SSSR count). The summed E-state index contributed by atoms with van der Waals surface area (Å²) in [4.78, 5) is 58.0. The van der Waals surface area contributed by atoms with Gasteiger partial charge in [0.05, 0.1) is 13.2 Å². The molecular weight excluding hydrogens is 773 g/mol. The third kappa shape index (κ3) is 39.6. The van der Waals surface area contributed by atoms with Crippen molar-refractivity contribution in [2.75, 3.05) is 19.8 Å². The number of rotatable bonds is 39. The summed E-state index contributed by atoms with van der Waals surface area (Å²) < 4.78 is 32.6. The van der Waals surface area contributed by atoms with Crippen molar-refractivity contribution < 1.29 is 52.3 Å². The molecule has 0 saturated carbocycles. The van der Waals surface area contributed by atoms with Crippen LogP contribution >= 0.6 is 7.82 Å². The Labute approximate surface area is 354 Å². The number of carbonyl (C=O) groups excluding carboxylic acids is 3. The first-order valence-corrected chi connectivity index (χ1v) is 23.1. The molecule has 12 nitrogen and oxygen atoms in total. The maximum absolute atomic E-state index is 12.6. The number of ether oxygens (including phenoxy) is 2. The topological polar surface area (TPSA) is 189 Å². The van der Waals surface area contributed by atoms with Crippen LogP contribution in [-0.4, -0.2) is 65.7 Å². The van der Waals surface area contributed by atoms with Crippen molar-refractivity contribution in [2.24, 2.45) is 5.73 Å². The van der Waals surface area contributed by atoms with Crippen molar-refractivity contribution in [1.82, 2.24) is 0 Å². The smallest absolute Gasteiger partial charge is 0.472 e. The number of phosphoric ester groups is 1. The van der Waals surface area contributed by atoms with E-state index >= 15 is 0 Å². The van der Waals surface area contributed by atoms with Crippen molar-refractivity contribution >= 4 is 31.5 Å². The lowest BCUT2D eigenvalue weighted by Gasteiger charge is -2.20. The van der Waals surface area contributed by atoms with Crippen LogP contribution in [0.3, 0.4) is 0 Å². The van der Waals surface area contributed by atoms with Gasteiger partial charge in [0.25, 0.3) is 0 Å². The number of carboxylic acids is 1. The van der Waals surface area contributed by atoms with Gasteiger partial charge in [-0.25, -0.2) is 4.57 Å². The molecule has 13 heteroatoms. The number of unbranched alkanes of at least 4 members (excludes halogenated alkanes) is 10. The number of hydrogen-bond donors (Lipinski definition) is 3. The summed E-state index contributed by atoms with van der Waals surface area (Å²) in [7, 11) is -4.76. The third-order valence-corrected chi connectivity index (χ3v) is 9.55. The summed E-state index contributed by atoms with van der Waals surface area (Å²) in [6, 6.07) is -1.55. The summed E-state index contributed by atoms with van der Waals surface area (Å²) >= 11 is 0. The van der Waals surface area contributed by atoms with Crippen LogP contribution in [-0.2, 0) is 42.3 Å². The lowest BCUT2D eigenvalue weighted by Crippen LogP contribution is -2.34. The van der Waals surface area contributed by atoms with Crippen molar-refractivity contribution in [3.05, 3.63) is 85.1 Å². The quantitative estimate of drug-likeness (QED) is 0.0133. The molecular formula is C46H74NO11P. The summed E-state index contributed by atoms with van der Waals surface area (Å²) in [5.74, 6) is -2.46. The Morgan fingerprint density at radius 1 is 0.593 bits per heavy atom. The molecule has 0 heterocycles. The van der Waals surface area contributed by atoms with Gasteiger partial charge in [-0.15, -0.1) is 0 Å². The van der Waals surface area contributed by atoms with Crippen molar-refractivity contribution in [1.29, 1.82) is 0 Å². The molecule has 0 aliphatic rings. The lowest BCUT2D eigenvalue weighted by atomic mass is 10.1. The van der Waals surface area contributed by atoms with Crippen molar-refractivity contribution in [2.45, 2.75) is 161 Å². The van der Waals surface area contributed by atoms with Crippen LogP contribution in [0, 0.1) is 0 Å². The van der Waals surface area contributed by atoms with Gasteiger partial charge in [-0.3, -0.25) is 28.2 Å². The van der Waals surface area contributed by atoms with Gasteiger partial charge in [0, 0.05) is 19.3 Å². The summed E-state index contributed by atoms with van der Waals surface area (Å²) in [6.45, 7) is 2.46. The van der Waals surface area contributed by atoms with E-state index in [0.717, 1.165) is 89.9 Å². The summed E-state index contributed by atoms with van der Waals surface area (Å²) in [5, 5.41) is 8.88. The van der Waals surface area contributed by atoms with E-state index in [1.807, 2.05) is 6.08 Å². The zero-order chi connectivity index (χ0) is 43.7. The highest BCUT2D eigenvalue weighted by Gasteiger charge is 2.28. The molecule has 0 aromatic heterocycles. The Balaban J connectivity index is 4.53. The monoisotopic (exact) mass is 847 g/mol. The zero-order valence-corrected chi connectivity index (χ0v) is 36.7. The number of allylic oxidation sites excluding steroid dienone is 14. The van der Waals surface area contributed by atoms with Crippen molar-refractivity contribution in [3.8, 4) is 0 Å². The molecule has 0 amide bonds. The highest BCUT2D eigenvalue weighted by molar-refractivity contribution is 7.47. The predicted octanol–water partition coefficient (Wildman–Crippen LogP) is 10.7. The maximum Gasteiger partial charge on any atom is 0.472 e. The van der Waals surface area contributed by atoms with E-state index in [0.29, 0.717) is 19.3 Å². The molecule has 0 aliphatic carbocycles. The van der Waals surface area contributed by atoms with Gasteiger partial charge in [0.15, 0.2) is 11.9 Å². The molecule has 0 saturated heterocycles. The second kappa shape index (κ2) is 39.8. The van der Waals surface area contributed by atoms with Gasteiger partial charge in [0.2, 0.25) is 0 Å². The lowest BCUT2D eigenvalue weighted by molar-refractivity contribution is -0.161. The number of phosphoric acid groups is 1. The second-order valence-corrected chi connectivity index (χ2v) is 15.6. The Hall–Kier alpha value is -3.67. The van der Waals surface area contributed by atoms with Gasteiger partial charge >= 0.3 is 25.7 Å². The number of carbonyl (C=O) groups is 4. The molecule has 3 atom stereocenters. The third-order valence-electron chi connectivity index (χ3n) is 8.60. The Kier molecular flexibility index (Phi) is 37.3. The number of hydrogen-bond acceptors (Lipinski definition) is 10. The number of ketones is 1. The minimum absolute atomic E-state index is 0.0648. The highest BCUT2D eigenvalue weighted by Crippen LogP contribution is 2.43. The van der Waals surface area contributed by atoms with Crippen LogP contribution in [0.2, 0.25) is 0 Å². The molecule has 0 bridgehead atoms. The standard InChI is InChI=1S/C46H74NO11P/c1-3-5-7-9-11-12-13-14-15-16-17-18-19-20-21-22-24-28-32-36-44(49)55-38-42(39-56-59(53,54)57-40-43(47)46(51)52)58-45(50)37-33-29-25-27-31-35-41(48)34-30-26-23-10-8-6-4-2/h5,7,11-12,14-15,17-18,20-21,23,26,30,34,42-43H,3-4,6,8-10,13,16,19,22,24-25,27-29,31-33,35-40,47H2,1-2H3,(H,51,52)(H,53,54)/b7-5-,12-11-,15-14-,18-17-,21-20-,26-23-,34-30+/t42-,43+/m1/s1. The average molecular weight is 848 g/mol. The van der Waals surface area contributed by atoms with Crippen LogP contribution in [0.1, 0.15) is 149 Å². The largest absolute Gasteiger partial charge is 0.480 e. The number of carboxylic acid groups (broad SMARTS) is 1. The van der Waals surface area contributed by atoms with E-state index in [1.165, 1.54) is 12.8 Å². The average Bonchev–Trinajstić information content (AvgIpc) is 3.21. The van der Waals surface area contributed by atoms with Crippen LogP contribution in [0.15, 0.2) is 85.1 Å². The zero-order valence-electron chi connectivity index (χ0n) is 35.8. The molecule has 0 fully saturated rings. The van der Waals surface area contributed by atoms with Gasteiger partial charge in [-0.2, -0.15) is 0 Å². The minimum Gasteiger partial charge on any atom is -0.480 e. The van der Waals surface area contributed by atoms with Gasteiger partial charge < -0.3 is 25.2 Å². The Bertz CT molecular complexity index is 1380. The molecule has 59 heavy (non-hydrogen) atoms. The van der Waals surface area contributed by atoms with Gasteiger partial charge in [-0.1, -0.05) is 131 Å². The molecule has 0 aromatic rings. The van der Waals surface area contributed by atoms with Crippen LogP contribution < -0.4 is 5.73 Å².